The second-order valence-corrected chi connectivity index (χ2v) is 6.82. The fourth-order valence-electron chi connectivity index (χ4n) is 3.42. The van der Waals surface area contributed by atoms with Gasteiger partial charge in [-0.1, -0.05) is 19.3 Å². The van der Waals surface area contributed by atoms with Crippen molar-refractivity contribution in [2.45, 2.75) is 44.9 Å². The monoisotopic (exact) mass is 394 g/mol. The lowest BCUT2D eigenvalue weighted by Crippen LogP contribution is -2.39. The molecule has 0 spiro atoms. The molecule has 2 rings (SSSR count). The smallest absolute Gasteiger partial charge is 0.188 e. The van der Waals surface area contributed by atoms with Gasteiger partial charge in [0.25, 0.3) is 0 Å². The summed E-state index contributed by atoms with van der Waals surface area (Å²) in [5.41, 5.74) is 6.36. The van der Waals surface area contributed by atoms with Crippen molar-refractivity contribution in [1.29, 1.82) is 0 Å². The molecule has 2 aliphatic carbocycles. The van der Waals surface area contributed by atoms with E-state index in [9.17, 15) is 0 Å². The first-order valence-corrected chi connectivity index (χ1v) is 7.78. The number of rotatable bonds is 6. The van der Waals surface area contributed by atoms with Crippen molar-refractivity contribution in [2.75, 3.05) is 33.7 Å². The standard InChI is InChI=1S/C15H30N4.HI/c1-19(2)12-15(8-3-4-9-15)11-18-14(16)17-10-13-6-5-7-13;/h13H,3-12H2,1-2H3,(H3,16,17,18);1H. The van der Waals surface area contributed by atoms with E-state index in [-0.39, 0.29) is 24.0 Å². The summed E-state index contributed by atoms with van der Waals surface area (Å²) in [5, 5.41) is 3.29. The zero-order valence-electron chi connectivity index (χ0n) is 13.0. The predicted molar refractivity (Wildman–Crippen MR) is 96.7 cm³/mol. The average molecular weight is 394 g/mol. The summed E-state index contributed by atoms with van der Waals surface area (Å²) >= 11 is 0. The summed E-state index contributed by atoms with van der Waals surface area (Å²) in [6.07, 6.45) is 9.37. The van der Waals surface area contributed by atoms with Crippen LogP contribution in [-0.4, -0.2) is 44.6 Å². The van der Waals surface area contributed by atoms with E-state index in [2.05, 4.69) is 29.3 Å². The van der Waals surface area contributed by atoms with E-state index in [0.717, 1.165) is 25.6 Å². The zero-order chi connectivity index (χ0) is 13.7. The number of aliphatic imine (C=N–C) groups is 1. The second kappa shape index (κ2) is 8.41. The van der Waals surface area contributed by atoms with Crippen LogP contribution in [0, 0.1) is 11.3 Å². The van der Waals surface area contributed by atoms with Crippen molar-refractivity contribution < 1.29 is 0 Å². The highest BCUT2D eigenvalue weighted by Gasteiger charge is 2.34. The molecule has 0 bridgehead atoms. The van der Waals surface area contributed by atoms with Crippen LogP contribution in [0.3, 0.4) is 0 Å². The first-order valence-electron chi connectivity index (χ1n) is 7.78. The number of halogens is 1. The van der Waals surface area contributed by atoms with Crippen LogP contribution in [-0.2, 0) is 0 Å². The normalized spacial score (nSPS) is 22.4. The largest absolute Gasteiger partial charge is 0.370 e. The van der Waals surface area contributed by atoms with E-state index in [4.69, 9.17) is 5.73 Å². The number of nitrogens with two attached hydrogens (primary N) is 1. The molecular weight excluding hydrogens is 363 g/mol. The third-order valence-corrected chi connectivity index (χ3v) is 4.70. The summed E-state index contributed by atoms with van der Waals surface area (Å²) in [5.74, 6) is 1.48. The van der Waals surface area contributed by atoms with Crippen molar-refractivity contribution in [1.82, 2.24) is 10.2 Å². The molecule has 0 heterocycles. The van der Waals surface area contributed by atoms with Gasteiger partial charge in [0.2, 0.25) is 0 Å². The Kier molecular flexibility index (Phi) is 7.58. The molecule has 3 N–H and O–H groups in total. The van der Waals surface area contributed by atoms with E-state index < -0.39 is 0 Å². The van der Waals surface area contributed by atoms with Gasteiger partial charge in [0.15, 0.2) is 5.96 Å². The van der Waals surface area contributed by atoms with Crippen LogP contribution in [0.15, 0.2) is 4.99 Å². The van der Waals surface area contributed by atoms with Crippen molar-refractivity contribution in [2.24, 2.45) is 22.1 Å². The fourth-order valence-corrected chi connectivity index (χ4v) is 3.42. The lowest BCUT2D eigenvalue weighted by molar-refractivity contribution is 0.210. The van der Waals surface area contributed by atoms with Crippen LogP contribution in [0.2, 0.25) is 0 Å². The molecule has 20 heavy (non-hydrogen) atoms. The van der Waals surface area contributed by atoms with Gasteiger partial charge in [0, 0.05) is 25.0 Å². The van der Waals surface area contributed by atoms with Gasteiger partial charge in [-0.05, 0) is 45.7 Å². The minimum atomic E-state index is 0. The quantitative estimate of drug-likeness (QED) is 0.413. The summed E-state index contributed by atoms with van der Waals surface area (Å²) in [6.45, 7) is 3.02. The highest BCUT2D eigenvalue weighted by molar-refractivity contribution is 14.0. The Labute approximate surface area is 141 Å². The molecule has 4 nitrogen and oxygen atoms in total. The number of hydrogen-bond acceptors (Lipinski definition) is 2. The predicted octanol–water partition coefficient (Wildman–Crippen LogP) is 2.43. The molecule has 5 heteroatoms. The zero-order valence-corrected chi connectivity index (χ0v) is 15.4. The van der Waals surface area contributed by atoms with Crippen molar-refractivity contribution in [3.05, 3.63) is 0 Å². The molecule has 0 amide bonds. The molecule has 2 saturated carbocycles. The second-order valence-electron chi connectivity index (χ2n) is 6.82. The first kappa shape index (κ1) is 18.0. The summed E-state index contributed by atoms with van der Waals surface area (Å²) in [7, 11) is 4.31. The SMILES string of the molecule is CN(C)CC1(CN=C(N)NCC2CCC2)CCCC1.I. The van der Waals surface area contributed by atoms with E-state index in [1.54, 1.807) is 0 Å². The molecule has 0 saturated heterocycles. The highest BCUT2D eigenvalue weighted by atomic mass is 127. The molecule has 0 radical (unpaired) electrons. The Morgan fingerprint density at radius 3 is 2.40 bits per heavy atom. The van der Waals surface area contributed by atoms with Crippen LogP contribution in [0.1, 0.15) is 44.9 Å². The summed E-state index contributed by atoms with van der Waals surface area (Å²) in [4.78, 5) is 6.91. The maximum absolute atomic E-state index is 5.99. The Hall–Kier alpha value is -0.0400. The van der Waals surface area contributed by atoms with Gasteiger partial charge in [0.05, 0.1) is 0 Å². The Morgan fingerprint density at radius 2 is 1.90 bits per heavy atom. The fraction of sp³-hybridized carbons (Fsp3) is 0.933. The Bertz CT molecular complexity index is 307. The average Bonchev–Trinajstić information content (AvgIpc) is 2.72. The van der Waals surface area contributed by atoms with Gasteiger partial charge in [-0.2, -0.15) is 0 Å². The maximum Gasteiger partial charge on any atom is 0.188 e. The number of guanidine groups is 1. The van der Waals surface area contributed by atoms with Crippen molar-refractivity contribution in [3.63, 3.8) is 0 Å². The van der Waals surface area contributed by atoms with Gasteiger partial charge >= 0.3 is 0 Å². The molecule has 0 aromatic carbocycles. The lowest BCUT2D eigenvalue weighted by Gasteiger charge is -2.30. The third-order valence-electron chi connectivity index (χ3n) is 4.70. The minimum Gasteiger partial charge on any atom is -0.370 e. The third kappa shape index (κ3) is 5.39. The molecule has 118 valence electrons. The Morgan fingerprint density at radius 1 is 1.25 bits per heavy atom. The topological polar surface area (TPSA) is 53.6 Å². The first-order chi connectivity index (χ1) is 9.10. The molecule has 0 atom stereocenters. The molecule has 2 aliphatic rings. The van der Waals surface area contributed by atoms with Gasteiger partial charge in [-0.15, -0.1) is 24.0 Å². The van der Waals surface area contributed by atoms with E-state index in [0.29, 0.717) is 11.4 Å². The van der Waals surface area contributed by atoms with Crippen LogP contribution >= 0.6 is 24.0 Å². The molecule has 0 aliphatic heterocycles. The van der Waals surface area contributed by atoms with E-state index in [1.165, 1.54) is 44.9 Å². The molecule has 0 aromatic rings. The summed E-state index contributed by atoms with van der Waals surface area (Å²) < 4.78 is 0. The molecule has 2 fully saturated rings. The lowest BCUT2D eigenvalue weighted by atomic mass is 9.85. The molecule has 0 unspecified atom stereocenters. The summed E-state index contributed by atoms with van der Waals surface area (Å²) in [6, 6.07) is 0. The van der Waals surface area contributed by atoms with Gasteiger partial charge in [-0.25, -0.2) is 0 Å². The number of nitrogens with zero attached hydrogens (tertiary/aromatic N) is 2. The maximum atomic E-state index is 5.99. The van der Waals surface area contributed by atoms with Gasteiger partial charge < -0.3 is 16.0 Å². The van der Waals surface area contributed by atoms with Gasteiger partial charge in [-0.3, -0.25) is 4.99 Å². The van der Waals surface area contributed by atoms with E-state index >= 15 is 0 Å². The van der Waals surface area contributed by atoms with Gasteiger partial charge in [0.1, 0.15) is 0 Å². The number of hydrogen-bond donors (Lipinski definition) is 2. The van der Waals surface area contributed by atoms with Crippen LogP contribution < -0.4 is 11.1 Å². The molecular formula is C15H31IN4. The van der Waals surface area contributed by atoms with Crippen LogP contribution in [0.5, 0.6) is 0 Å². The minimum absolute atomic E-state index is 0. The molecule has 0 aromatic heterocycles. The van der Waals surface area contributed by atoms with E-state index in [1.807, 2.05) is 0 Å². The Balaban J connectivity index is 0.00000200. The highest BCUT2D eigenvalue weighted by Crippen LogP contribution is 2.38. The van der Waals surface area contributed by atoms with Crippen molar-refractivity contribution in [3.8, 4) is 0 Å². The van der Waals surface area contributed by atoms with Crippen LogP contribution in [0.4, 0.5) is 0 Å². The van der Waals surface area contributed by atoms with Crippen molar-refractivity contribution >= 4 is 29.9 Å². The van der Waals surface area contributed by atoms with Crippen LogP contribution in [0.25, 0.3) is 0 Å². The number of nitrogens with one attached hydrogen (secondary N) is 1.